The second-order valence-corrected chi connectivity index (χ2v) is 3.05. The number of anilines is 1. The molecular formula is C9H10N2O2. The number of aromatic carboxylic acids is 1. The van der Waals surface area contributed by atoms with Crippen molar-refractivity contribution >= 4 is 11.8 Å². The van der Waals surface area contributed by atoms with Gasteiger partial charge in [-0.05, 0) is 18.6 Å². The summed E-state index contributed by atoms with van der Waals surface area (Å²) in [6.45, 7) is 1.96. The first-order valence-corrected chi connectivity index (χ1v) is 4.21. The summed E-state index contributed by atoms with van der Waals surface area (Å²) in [4.78, 5) is 16.8. The average Bonchev–Trinajstić information content (AvgIpc) is 2.01. The minimum atomic E-state index is -0.899. The van der Waals surface area contributed by atoms with E-state index in [-0.39, 0.29) is 0 Å². The minimum absolute atomic E-state index is 0.303. The first-order chi connectivity index (χ1) is 6.27. The molecule has 1 fully saturated rings. The Balaban J connectivity index is 2.26. The summed E-state index contributed by atoms with van der Waals surface area (Å²) in [5, 5.41) is 8.74. The Morgan fingerprint density at radius 2 is 2.31 bits per heavy atom. The number of carbonyl (C=O) groups is 1. The first-order valence-electron chi connectivity index (χ1n) is 4.21. The summed E-state index contributed by atoms with van der Waals surface area (Å²) < 4.78 is 0. The second kappa shape index (κ2) is 3.05. The third kappa shape index (κ3) is 1.47. The molecule has 1 aliphatic heterocycles. The van der Waals surface area contributed by atoms with E-state index in [1.165, 1.54) is 18.7 Å². The highest BCUT2D eigenvalue weighted by Crippen LogP contribution is 2.18. The second-order valence-electron chi connectivity index (χ2n) is 3.05. The maximum Gasteiger partial charge on any atom is 0.335 e. The molecule has 1 aromatic heterocycles. The van der Waals surface area contributed by atoms with Crippen molar-refractivity contribution in [2.45, 2.75) is 6.42 Å². The maximum atomic E-state index is 10.6. The SMILES string of the molecule is O=C(O)c1ccnc(N2CCC2)c1. The van der Waals surface area contributed by atoms with Gasteiger partial charge in [-0.2, -0.15) is 0 Å². The molecule has 68 valence electrons. The lowest BCUT2D eigenvalue weighted by atomic mass is 10.2. The van der Waals surface area contributed by atoms with E-state index in [4.69, 9.17) is 5.11 Å². The van der Waals surface area contributed by atoms with Crippen LogP contribution in [0.5, 0.6) is 0 Å². The topological polar surface area (TPSA) is 53.4 Å². The average molecular weight is 178 g/mol. The Bertz CT molecular complexity index is 334. The number of aromatic nitrogens is 1. The molecule has 13 heavy (non-hydrogen) atoms. The fourth-order valence-corrected chi connectivity index (χ4v) is 1.27. The minimum Gasteiger partial charge on any atom is -0.478 e. The Morgan fingerprint density at radius 3 is 2.85 bits per heavy atom. The van der Waals surface area contributed by atoms with Gasteiger partial charge in [-0.1, -0.05) is 0 Å². The zero-order valence-corrected chi connectivity index (χ0v) is 7.10. The molecule has 0 spiro atoms. The molecule has 1 aromatic rings. The van der Waals surface area contributed by atoms with Gasteiger partial charge in [0.15, 0.2) is 0 Å². The van der Waals surface area contributed by atoms with Crippen LogP contribution in [0.3, 0.4) is 0 Å². The summed E-state index contributed by atoms with van der Waals surface area (Å²) >= 11 is 0. The van der Waals surface area contributed by atoms with E-state index in [2.05, 4.69) is 9.88 Å². The highest BCUT2D eigenvalue weighted by molar-refractivity contribution is 5.88. The zero-order chi connectivity index (χ0) is 9.26. The van der Waals surface area contributed by atoms with Crippen molar-refractivity contribution in [3.63, 3.8) is 0 Å². The number of carboxylic acids is 1. The molecule has 4 heteroatoms. The molecule has 4 nitrogen and oxygen atoms in total. The summed E-state index contributed by atoms with van der Waals surface area (Å²) in [5.41, 5.74) is 0.303. The molecule has 0 radical (unpaired) electrons. The van der Waals surface area contributed by atoms with Crippen LogP contribution in [-0.4, -0.2) is 29.1 Å². The number of nitrogens with zero attached hydrogens (tertiary/aromatic N) is 2. The molecule has 0 aliphatic carbocycles. The Morgan fingerprint density at radius 1 is 1.54 bits per heavy atom. The van der Waals surface area contributed by atoms with Gasteiger partial charge in [0, 0.05) is 19.3 Å². The van der Waals surface area contributed by atoms with Gasteiger partial charge in [0.05, 0.1) is 5.56 Å². The Hall–Kier alpha value is -1.58. The molecule has 1 N–H and O–H groups in total. The Kier molecular flexibility index (Phi) is 1.88. The van der Waals surface area contributed by atoms with Crippen molar-refractivity contribution in [1.82, 2.24) is 4.98 Å². The van der Waals surface area contributed by atoms with Gasteiger partial charge in [0.2, 0.25) is 0 Å². The number of rotatable bonds is 2. The predicted molar refractivity (Wildman–Crippen MR) is 48.0 cm³/mol. The van der Waals surface area contributed by atoms with Crippen molar-refractivity contribution < 1.29 is 9.90 Å². The molecule has 0 aromatic carbocycles. The van der Waals surface area contributed by atoms with E-state index in [1.54, 1.807) is 6.07 Å². The van der Waals surface area contributed by atoms with Crippen molar-refractivity contribution in [3.05, 3.63) is 23.9 Å². The van der Waals surface area contributed by atoms with Gasteiger partial charge in [-0.3, -0.25) is 0 Å². The van der Waals surface area contributed by atoms with Gasteiger partial charge >= 0.3 is 5.97 Å². The summed E-state index contributed by atoms with van der Waals surface area (Å²) in [6.07, 6.45) is 2.70. The molecule has 0 unspecified atom stereocenters. The molecule has 0 atom stereocenters. The molecule has 0 amide bonds. The Labute approximate surface area is 75.8 Å². The molecule has 2 heterocycles. The lowest BCUT2D eigenvalue weighted by Gasteiger charge is -2.31. The van der Waals surface area contributed by atoms with Gasteiger partial charge < -0.3 is 10.0 Å². The van der Waals surface area contributed by atoms with Crippen LogP contribution in [0.4, 0.5) is 5.82 Å². The summed E-state index contributed by atoms with van der Waals surface area (Å²) in [7, 11) is 0. The lowest BCUT2D eigenvalue weighted by Crippen LogP contribution is -2.37. The van der Waals surface area contributed by atoms with Crippen LogP contribution in [0.25, 0.3) is 0 Å². The number of carboxylic acid groups (broad SMARTS) is 1. The van der Waals surface area contributed by atoms with E-state index in [9.17, 15) is 4.79 Å². The monoisotopic (exact) mass is 178 g/mol. The van der Waals surface area contributed by atoms with Crippen LogP contribution in [0.2, 0.25) is 0 Å². The van der Waals surface area contributed by atoms with Gasteiger partial charge in [0.1, 0.15) is 5.82 Å². The van der Waals surface area contributed by atoms with E-state index in [0.29, 0.717) is 5.56 Å². The van der Waals surface area contributed by atoms with E-state index in [1.807, 2.05) is 0 Å². The normalized spacial score (nSPS) is 15.2. The zero-order valence-electron chi connectivity index (χ0n) is 7.10. The quantitative estimate of drug-likeness (QED) is 0.733. The van der Waals surface area contributed by atoms with E-state index >= 15 is 0 Å². The van der Waals surface area contributed by atoms with Gasteiger partial charge in [-0.25, -0.2) is 9.78 Å². The molecule has 0 saturated carbocycles. The van der Waals surface area contributed by atoms with Crippen molar-refractivity contribution in [1.29, 1.82) is 0 Å². The van der Waals surface area contributed by atoms with Crippen molar-refractivity contribution in [3.8, 4) is 0 Å². The summed E-state index contributed by atoms with van der Waals surface area (Å²) in [5.74, 6) is -0.129. The largest absolute Gasteiger partial charge is 0.478 e. The van der Waals surface area contributed by atoms with Crippen LogP contribution < -0.4 is 4.90 Å². The van der Waals surface area contributed by atoms with Crippen LogP contribution >= 0.6 is 0 Å². The predicted octanol–water partition coefficient (Wildman–Crippen LogP) is 0.990. The summed E-state index contributed by atoms with van der Waals surface area (Å²) in [6, 6.07) is 3.12. The van der Waals surface area contributed by atoms with Gasteiger partial charge in [0.25, 0.3) is 0 Å². The lowest BCUT2D eigenvalue weighted by molar-refractivity contribution is 0.0697. The highest BCUT2D eigenvalue weighted by Gasteiger charge is 2.16. The fraction of sp³-hybridized carbons (Fsp3) is 0.333. The third-order valence-corrected chi connectivity index (χ3v) is 2.17. The van der Waals surface area contributed by atoms with Crippen LogP contribution in [0.15, 0.2) is 18.3 Å². The highest BCUT2D eigenvalue weighted by atomic mass is 16.4. The van der Waals surface area contributed by atoms with E-state index in [0.717, 1.165) is 18.9 Å². The smallest absolute Gasteiger partial charge is 0.335 e. The molecular weight excluding hydrogens is 168 g/mol. The number of hydrogen-bond donors (Lipinski definition) is 1. The van der Waals surface area contributed by atoms with Crippen LogP contribution in [-0.2, 0) is 0 Å². The molecule has 1 saturated heterocycles. The van der Waals surface area contributed by atoms with E-state index < -0.39 is 5.97 Å². The molecule has 1 aliphatic rings. The van der Waals surface area contributed by atoms with Crippen molar-refractivity contribution in [2.75, 3.05) is 18.0 Å². The van der Waals surface area contributed by atoms with Crippen molar-refractivity contribution in [2.24, 2.45) is 0 Å². The van der Waals surface area contributed by atoms with Gasteiger partial charge in [-0.15, -0.1) is 0 Å². The van der Waals surface area contributed by atoms with Crippen LogP contribution in [0.1, 0.15) is 16.8 Å². The van der Waals surface area contributed by atoms with Crippen LogP contribution in [0, 0.1) is 0 Å². The third-order valence-electron chi connectivity index (χ3n) is 2.17. The number of pyridine rings is 1. The first kappa shape index (κ1) is 8.04. The maximum absolute atomic E-state index is 10.6. The number of hydrogen-bond acceptors (Lipinski definition) is 3. The molecule has 2 rings (SSSR count). The fourth-order valence-electron chi connectivity index (χ4n) is 1.27. The molecule has 0 bridgehead atoms. The standard InChI is InChI=1S/C9H10N2O2/c12-9(13)7-2-3-10-8(6-7)11-4-1-5-11/h2-3,6H,1,4-5H2,(H,12,13).